The van der Waals surface area contributed by atoms with E-state index < -0.39 is 0 Å². The Labute approximate surface area is 148 Å². The highest BCUT2D eigenvalue weighted by molar-refractivity contribution is 6.30. The van der Waals surface area contributed by atoms with Crippen LogP contribution in [0, 0.1) is 13.8 Å². The quantitative estimate of drug-likeness (QED) is 0.774. The van der Waals surface area contributed by atoms with E-state index in [-0.39, 0.29) is 6.03 Å². The summed E-state index contributed by atoms with van der Waals surface area (Å²) in [4.78, 5) is 20.2. The van der Waals surface area contributed by atoms with Gasteiger partial charge in [-0.25, -0.2) is 9.78 Å². The van der Waals surface area contributed by atoms with Crippen LogP contribution in [0.1, 0.15) is 16.7 Å². The molecule has 1 aromatic carbocycles. The number of hydrogen-bond acceptors (Lipinski definition) is 3. The van der Waals surface area contributed by atoms with E-state index in [4.69, 9.17) is 16.3 Å². The van der Waals surface area contributed by atoms with E-state index in [0.717, 1.165) is 22.0 Å². The molecular weight excluding hydrogens is 326 g/mol. The first-order chi connectivity index (χ1) is 11.3. The van der Waals surface area contributed by atoms with Crippen LogP contribution in [0.5, 0.6) is 0 Å². The Hall–Kier alpha value is -1.85. The van der Waals surface area contributed by atoms with Crippen LogP contribution in [0.2, 0.25) is 5.15 Å². The molecule has 0 bridgehead atoms. The first-order valence-electron chi connectivity index (χ1n) is 7.85. The van der Waals surface area contributed by atoms with Gasteiger partial charge in [-0.3, -0.25) is 0 Å². The molecule has 6 heteroatoms. The second kappa shape index (κ2) is 7.81. The third-order valence-corrected chi connectivity index (χ3v) is 4.44. The Balaban J connectivity index is 2.37. The third-order valence-electron chi connectivity index (χ3n) is 4.12. The first kappa shape index (κ1) is 18.5. The van der Waals surface area contributed by atoms with Gasteiger partial charge in [0.25, 0.3) is 0 Å². The molecule has 2 amide bonds. The number of amides is 2. The number of halogens is 1. The predicted octanol–water partition coefficient (Wildman–Crippen LogP) is 3.64. The number of hydrogen-bond donors (Lipinski definition) is 0. The Kier molecular flexibility index (Phi) is 6.02. The van der Waals surface area contributed by atoms with Gasteiger partial charge in [-0.1, -0.05) is 23.7 Å². The van der Waals surface area contributed by atoms with Crippen molar-refractivity contribution in [3.63, 3.8) is 0 Å². The molecule has 0 aliphatic rings. The van der Waals surface area contributed by atoms with Gasteiger partial charge in [0, 0.05) is 38.7 Å². The molecule has 0 saturated carbocycles. The maximum Gasteiger partial charge on any atom is 0.319 e. The summed E-state index contributed by atoms with van der Waals surface area (Å²) < 4.78 is 5.11. The largest absolute Gasteiger partial charge is 0.383 e. The van der Waals surface area contributed by atoms with Crippen LogP contribution in [0.25, 0.3) is 10.9 Å². The van der Waals surface area contributed by atoms with Crippen molar-refractivity contribution in [2.24, 2.45) is 0 Å². The van der Waals surface area contributed by atoms with Crippen LogP contribution in [-0.4, -0.2) is 55.2 Å². The fourth-order valence-corrected chi connectivity index (χ4v) is 2.75. The molecule has 24 heavy (non-hydrogen) atoms. The highest BCUT2D eigenvalue weighted by atomic mass is 35.5. The van der Waals surface area contributed by atoms with Crippen LogP contribution < -0.4 is 0 Å². The highest BCUT2D eigenvalue weighted by Gasteiger charge is 2.18. The number of benzene rings is 1. The average Bonchev–Trinajstić information content (AvgIpc) is 2.55. The lowest BCUT2D eigenvalue weighted by Gasteiger charge is -2.26. The van der Waals surface area contributed by atoms with Crippen molar-refractivity contribution < 1.29 is 9.53 Å². The van der Waals surface area contributed by atoms with Gasteiger partial charge >= 0.3 is 6.03 Å². The SMILES string of the molecule is COCCN(Cc1cc2ccc(C)c(C)c2nc1Cl)C(=O)N(C)C. The number of methoxy groups -OCH3 is 1. The van der Waals surface area contributed by atoms with Crippen molar-refractivity contribution in [1.29, 1.82) is 0 Å². The van der Waals surface area contributed by atoms with Gasteiger partial charge in [-0.2, -0.15) is 0 Å². The third kappa shape index (κ3) is 3.97. The normalized spacial score (nSPS) is 10.9. The maximum atomic E-state index is 12.4. The van der Waals surface area contributed by atoms with Gasteiger partial charge in [0.1, 0.15) is 5.15 Å². The van der Waals surface area contributed by atoms with Gasteiger partial charge in [0.05, 0.1) is 18.7 Å². The zero-order valence-corrected chi connectivity index (χ0v) is 15.6. The zero-order chi connectivity index (χ0) is 17.9. The molecule has 0 fully saturated rings. The molecule has 0 radical (unpaired) electrons. The minimum absolute atomic E-state index is 0.0803. The van der Waals surface area contributed by atoms with Crippen molar-refractivity contribution in [2.75, 3.05) is 34.4 Å². The van der Waals surface area contributed by atoms with E-state index in [9.17, 15) is 4.79 Å². The Morgan fingerprint density at radius 2 is 2.00 bits per heavy atom. The summed E-state index contributed by atoms with van der Waals surface area (Å²) in [5.74, 6) is 0. The number of carbonyl (C=O) groups excluding carboxylic acids is 1. The van der Waals surface area contributed by atoms with Gasteiger partial charge in [0.2, 0.25) is 0 Å². The zero-order valence-electron chi connectivity index (χ0n) is 14.9. The smallest absolute Gasteiger partial charge is 0.319 e. The van der Waals surface area contributed by atoms with Crippen LogP contribution in [-0.2, 0) is 11.3 Å². The fourth-order valence-electron chi connectivity index (χ4n) is 2.55. The lowest BCUT2D eigenvalue weighted by molar-refractivity contribution is 0.132. The van der Waals surface area contributed by atoms with E-state index in [0.29, 0.717) is 24.8 Å². The molecule has 0 saturated heterocycles. The Morgan fingerprint density at radius 3 is 2.62 bits per heavy atom. The Bertz CT molecular complexity index is 747. The molecule has 1 heterocycles. The van der Waals surface area contributed by atoms with E-state index in [1.165, 1.54) is 5.56 Å². The molecule has 2 aromatic rings. The maximum absolute atomic E-state index is 12.4. The van der Waals surface area contributed by atoms with Gasteiger partial charge in [-0.15, -0.1) is 0 Å². The molecule has 0 N–H and O–H groups in total. The molecule has 5 nitrogen and oxygen atoms in total. The van der Waals surface area contributed by atoms with Gasteiger partial charge in [0.15, 0.2) is 0 Å². The van der Waals surface area contributed by atoms with Crippen molar-refractivity contribution in [2.45, 2.75) is 20.4 Å². The van der Waals surface area contributed by atoms with Crippen molar-refractivity contribution in [3.05, 3.63) is 40.0 Å². The predicted molar refractivity (Wildman–Crippen MR) is 97.6 cm³/mol. The van der Waals surface area contributed by atoms with Crippen LogP contribution in [0.4, 0.5) is 4.79 Å². The van der Waals surface area contributed by atoms with Gasteiger partial charge in [-0.05, 0) is 31.0 Å². The molecule has 130 valence electrons. The van der Waals surface area contributed by atoms with E-state index in [1.54, 1.807) is 31.0 Å². The lowest BCUT2D eigenvalue weighted by Crippen LogP contribution is -2.40. The van der Waals surface area contributed by atoms with E-state index in [1.807, 2.05) is 19.1 Å². The van der Waals surface area contributed by atoms with Crippen LogP contribution in [0.15, 0.2) is 18.2 Å². The number of aryl methyl sites for hydroxylation is 2. The first-order valence-corrected chi connectivity index (χ1v) is 8.23. The summed E-state index contributed by atoms with van der Waals surface area (Å²) in [6.45, 7) is 5.46. The number of nitrogens with zero attached hydrogens (tertiary/aromatic N) is 3. The standard InChI is InChI=1S/C18H24ClN3O2/c1-12-6-7-14-10-15(17(19)20-16(14)13(12)2)11-22(8-9-24-5)18(23)21(3)4/h6-7,10H,8-9,11H2,1-5H3. The number of pyridine rings is 1. The molecular formula is C18H24ClN3O2. The van der Waals surface area contributed by atoms with E-state index >= 15 is 0 Å². The fraction of sp³-hybridized carbons (Fsp3) is 0.444. The average molecular weight is 350 g/mol. The minimum atomic E-state index is -0.0803. The van der Waals surface area contributed by atoms with Crippen molar-refractivity contribution >= 4 is 28.5 Å². The van der Waals surface area contributed by atoms with Crippen molar-refractivity contribution in [3.8, 4) is 0 Å². The number of aromatic nitrogens is 1. The van der Waals surface area contributed by atoms with Crippen molar-refractivity contribution in [1.82, 2.24) is 14.8 Å². The molecule has 0 unspecified atom stereocenters. The number of urea groups is 1. The summed E-state index contributed by atoms with van der Waals surface area (Å²) in [6, 6.07) is 6.05. The lowest BCUT2D eigenvalue weighted by atomic mass is 10.0. The summed E-state index contributed by atoms with van der Waals surface area (Å²) in [6.07, 6.45) is 0. The Morgan fingerprint density at radius 1 is 1.29 bits per heavy atom. The minimum Gasteiger partial charge on any atom is -0.383 e. The number of carbonyl (C=O) groups is 1. The molecule has 0 spiro atoms. The van der Waals surface area contributed by atoms with Gasteiger partial charge < -0.3 is 14.5 Å². The molecule has 2 rings (SSSR count). The second-order valence-electron chi connectivity index (χ2n) is 6.11. The summed E-state index contributed by atoms with van der Waals surface area (Å²) >= 11 is 6.40. The molecule has 0 aliphatic heterocycles. The topological polar surface area (TPSA) is 45.7 Å². The summed E-state index contributed by atoms with van der Waals surface area (Å²) in [7, 11) is 5.08. The molecule has 0 atom stereocenters. The second-order valence-corrected chi connectivity index (χ2v) is 6.47. The van der Waals surface area contributed by atoms with E-state index in [2.05, 4.69) is 18.0 Å². The highest BCUT2D eigenvalue weighted by Crippen LogP contribution is 2.26. The molecule has 0 aliphatic carbocycles. The number of rotatable bonds is 5. The van der Waals surface area contributed by atoms with Crippen LogP contribution >= 0.6 is 11.6 Å². The number of ether oxygens (including phenoxy) is 1. The monoisotopic (exact) mass is 349 g/mol. The molecule has 1 aromatic heterocycles. The number of fused-ring (bicyclic) bond motifs is 1. The van der Waals surface area contributed by atoms with Crippen LogP contribution in [0.3, 0.4) is 0 Å². The summed E-state index contributed by atoms with van der Waals surface area (Å²) in [5.41, 5.74) is 4.05. The summed E-state index contributed by atoms with van der Waals surface area (Å²) in [5, 5.41) is 1.46.